The summed E-state index contributed by atoms with van der Waals surface area (Å²) < 4.78 is 5.45. The second-order valence-electron chi connectivity index (χ2n) is 5.08. The quantitative estimate of drug-likeness (QED) is 0.799. The van der Waals surface area contributed by atoms with E-state index in [-0.39, 0.29) is 17.6 Å². The molecule has 6 heteroatoms. The normalized spacial score (nSPS) is 18.0. The van der Waals surface area contributed by atoms with Crippen molar-refractivity contribution in [3.63, 3.8) is 0 Å². The lowest BCUT2D eigenvalue weighted by atomic mass is 10.1. The highest BCUT2D eigenvalue weighted by molar-refractivity contribution is 6.13. The lowest BCUT2D eigenvalue weighted by Gasteiger charge is -2.10. The van der Waals surface area contributed by atoms with Crippen LogP contribution in [0.1, 0.15) is 33.6 Å². The number of benzene rings is 1. The first-order valence-electron chi connectivity index (χ1n) is 6.90. The van der Waals surface area contributed by atoms with Crippen LogP contribution in [-0.2, 0) is 4.74 Å². The Bertz CT molecular complexity index is 686. The van der Waals surface area contributed by atoms with Crippen LogP contribution in [-0.4, -0.2) is 41.2 Å². The van der Waals surface area contributed by atoms with E-state index in [4.69, 9.17) is 4.74 Å². The van der Waals surface area contributed by atoms with Crippen LogP contribution in [0.5, 0.6) is 0 Å². The van der Waals surface area contributed by atoms with Crippen molar-refractivity contribution in [2.45, 2.75) is 18.9 Å². The van der Waals surface area contributed by atoms with Crippen molar-refractivity contribution >= 4 is 22.8 Å². The molecular weight excluding hydrogens is 272 g/mol. The number of hydrogen-bond acceptors (Lipinski definition) is 3. The van der Waals surface area contributed by atoms with E-state index < -0.39 is 5.97 Å². The van der Waals surface area contributed by atoms with Crippen molar-refractivity contribution in [2.24, 2.45) is 0 Å². The van der Waals surface area contributed by atoms with Crippen LogP contribution in [0.4, 0.5) is 0 Å². The number of aromatic amines is 1. The van der Waals surface area contributed by atoms with Gasteiger partial charge in [0.25, 0.3) is 5.91 Å². The number of carbonyl (C=O) groups is 2. The summed E-state index contributed by atoms with van der Waals surface area (Å²) in [6.45, 7) is 1.18. The predicted octanol–water partition coefficient (Wildman–Crippen LogP) is 1.77. The molecule has 21 heavy (non-hydrogen) atoms. The molecule has 1 aromatic carbocycles. The van der Waals surface area contributed by atoms with Gasteiger partial charge in [-0.15, -0.1) is 0 Å². The highest BCUT2D eigenvalue weighted by Crippen LogP contribution is 2.23. The second-order valence-corrected chi connectivity index (χ2v) is 5.08. The summed E-state index contributed by atoms with van der Waals surface area (Å²) in [7, 11) is 0. The van der Waals surface area contributed by atoms with E-state index in [1.54, 1.807) is 18.3 Å². The van der Waals surface area contributed by atoms with Gasteiger partial charge < -0.3 is 20.1 Å². The van der Waals surface area contributed by atoms with Crippen LogP contribution in [0.15, 0.2) is 24.4 Å². The number of ether oxygens (including phenoxy) is 1. The van der Waals surface area contributed by atoms with Crippen LogP contribution in [0.25, 0.3) is 10.9 Å². The van der Waals surface area contributed by atoms with Crippen molar-refractivity contribution in [1.82, 2.24) is 10.3 Å². The molecule has 1 unspecified atom stereocenters. The molecule has 6 nitrogen and oxygen atoms in total. The topological polar surface area (TPSA) is 91.4 Å². The maximum Gasteiger partial charge on any atom is 0.336 e. The van der Waals surface area contributed by atoms with Gasteiger partial charge >= 0.3 is 5.97 Å². The van der Waals surface area contributed by atoms with Crippen LogP contribution < -0.4 is 5.32 Å². The SMILES string of the molecule is O=C(O)c1cccc2[nH]cc(C(=O)NCC3CCCO3)c12. The fourth-order valence-corrected chi connectivity index (χ4v) is 2.65. The fourth-order valence-electron chi connectivity index (χ4n) is 2.65. The van der Waals surface area contributed by atoms with Gasteiger partial charge in [-0.3, -0.25) is 4.79 Å². The highest BCUT2D eigenvalue weighted by atomic mass is 16.5. The van der Waals surface area contributed by atoms with Crippen molar-refractivity contribution in [2.75, 3.05) is 13.2 Å². The number of carboxylic acid groups (broad SMARTS) is 1. The number of fused-ring (bicyclic) bond motifs is 1. The van der Waals surface area contributed by atoms with Gasteiger partial charge in [-0.25, -0.2) is 4.79 Å². The van der Waals surface area contributed by atoms with Gasteiger partial charge in [0, 0.05) is 30.3 Å². The molecule has 2 aromatic rings. The number of hydrogen-bond donors (Lipinski definition) is 3. The van der Waals surface area contributed by atoms with Gasteiger partial charge in [-0.1, -0.05) is 6.07 Å². The molecule has 1 atom stereocenters. The zero-order valence-electron chi connectivity index (χ0n) is 11.4. The lowest BCUT2D eigenvalue weighted by Crippen LogP contribution is -2.31. The van der Waals surface area contributed by atoms with Crippen molar-refractivity contribution in [3.8, 4) is 0 Å². The summed E-state index contributed by atoms with van der Waals surface area (Å²) in [5.74, 6) is -1.33. The Morgan fingerprint density at radius 2 is 2.24 bits per heavy atom. The van der Waals surface area contributed by atoms with Crippen LogP contribution in [0.3, 0.4) is 0 Å². The van der Waals surface area contributed by atoms with Gasteiger partial charge in [-0.05, 0) is 25.0 Å². The predicted molar refractivity (Wildman–Crippen MR) is 76.6 cm³/mol. The Labute approximate surface area is 121 Å². The minimum Gasteiger partial charge on any atom is -0.478 e. The highest BCUT2D eigenvalue weighted by Gasteiger charge is 2.20. The number of carbonyl (C=O) groups excluding carboxylic acids is 1. The average molecular weight is 288 g/mol. The summed E-state index contributed by atoms with van der Waals surface area (Å²) in [6, 6.07) is 4.89. The molecule has 1 aliphatic heterocycles. The largest absolute Gasteiger partial charge is 0.478 e. The van der Waals surface area contributed by atoms with Crippen molar-refractivity contribution in [1.29, 1.82) is 0 Å². The molecule has 2 heterocycles. The zero-order chi connectivity index (χ0) is 14.8. The number of aromatic nitrogens is 1. The third-order valence-corrected chi connectivity index (χ3v) is 3.70. The van der Waals surface area contributed by atoms with Crippen LogP contribution in [0.2, 0.25) is 0 Å². The van der Waals surface area contributed by atoms with E-state index in [9.17, 15) is 14.7 Å². The zero-order valence-corrected chi connectivity index (χ0v) is 11.4. The Kier molecular flexibility index (Phi) is 3.62. The monoisotopic (exact) mass is 288 g/mol. The molecule has 3 rings (SSSR count). The minimum atomic E-state index is -1.05. The maximum absolute atomic E-state index is 12.3. The molecule has 1 aromatic heterocycles. The Morgan fingerprint density at radius 3 is 2.95 bits per heavy atom. The third kappa shape index (κ3) is 2.62. The van der Waals surface area contributed by atoms with E-state index in [1.807, 2.05) is 0 Å². The second kappa shape index (κ2) is 5.57. The van der Waals surface area contributed by atoms with E-state index >= 15 is 0 Å². The number of H-pyrrole nitrogens is 1. The molecule has 0 spiro atoms. The van der Waals surface area contributed by atoms with Crippen LogP contribution >= 0.6 is 0 Å². The molecule has 0 radical (unpaired) electrons. The van der Waals surface area contributed by atoms with Crippen molar-refractivity contribution < 1.29 is 19.4 Å². The number of rotatable bonds is 4. The Morgan fingerprint density at radius 1 is 1.38 bits per heavy atom. The third-order valence-electron chi connectivity index (χ3n) is 3.70. The van der Waals surface area contributed by atoms with Crippen molar-refractivity contribution in [3.05, 3.63) is 35.5 Å². The minimum absolute atomic E-state index is 0.0538. The van der Waals surface area contributed by atoms with E-state index in [1.165, 1.54) is 6.07 Å². The standard InChI is InChI=1S/C15H16N2O4/c18-14(17-7-9-3-2-6-21-9)11-8-16-12-5-1-4-10(13(11)12)15(19)20/h1,4-5,8-9,16H,2-3,6-7H2,(H,17,18)(H,19,20). The van der Waals surface area contributed by atoms with Gasteiger partial charge in [0.1, 0.15) is 0 Å². The van der Waals surface area contributed by atoms with Crippen LogP contribution in [0, 0.1) is 0 Å². The summed E-state index contributed by atoms with van der Waals surface area (Å²) in [4.78, 5) is 26.5. The molecule has 110 valence electrons. The fraction of sp³-hybridized carbons (Fsp3) is 0.333. The maximum atomic E-state index is 12.3. The molecule has 3 N–H and O–H groups in total. The summed E-state index contributed by atoms with van der Waals surface area (Å²) in [5.41, 5.74) is 1.11. The lowest BCUT2D eigenvalue weighted by molar-refractivity contribution is 0.0699. The number of carboxylic acids is 1. The molecule has 0 aliphatic carbocycles. The molecule has 1 saturated heterocycles. The molecule has 0 bridgehead atoms. The first-order chi connectivity index (χ1) is 10.2. The number of amides is 1. The molecule has 1 aliphatic rings. The summed E-state index contributed by atoms with van der Waals surface area (Å²) in [5, 5.41) is 12.5. The van der Waals surface area contributed by atoms with Gasteiger partial charge in [0.05, 0.1) is 17.2 Å². The first-order valence-corrected chi connectivity index (χ1v) is 6.90. The molecular formula is C15H16N2O4. The molecule has 0 saturated carbocycles. The number of nitrogens with one attached hydrogen (secondary N) is 2. The first kappa shape index (κ1) is 13.6. The van der Waals surface area contributed by atoms with Gasteiger partial charge in [-0.2, -0.15) is 0 Å². The Balaban J connectivity index is 1.85. The molecule has 1 amide bonds. The summed E-state index contributed by atoms with van der Waals surface area (Å²) in [6.07, 6.45) is 3.55. The van der Waals surface area contributed by atoms with Gasteiger partial charge in [0.15, 0.2) is 0 Å². The van der Waals surface area contributed by atoms with Gasteiger partial charge in [0.2, 0.25) is 0 Å². The smallest absolute Gasteiger partial charge is 0.336 e. The average Bonchev–Trinajstić information content (AvgIpc) is 3.13. The summed E-state index contributed by atoms with van der Waals surface area (Å²) >= 11 is 0. The number of aromatic carboxylic acids is 1. The van der Waals surface area contributed by atoms with E-state index in [0.717, 1.165) is 19.4 Å². The molecule has 1 fully saturated rings. The van der Waals surface area contributed by atoms with E-state index in [2.05, 4.69) is 10.3 Å². The van der Waals surface area contributed by atoms with E-state index in [0.29, 0.717) is 23.0 Å². The Hall–Kier alpha value is -2.34.